The van der Waals surface area contributed by atoms with Gasteiger partial charge in [0, 0.05) is 31.5 Å². The first-order chi connectivity index (χ1) is 12.9. The first-order valence-electron chi connectivity index (χ1n) is 8.91. The van der Waals surface area contributed by atoms with Crippen LogP contribution in [0.1, 0.15) is 32.8 Å². The van der Waals surface area contributed by atoms with Crippen molar-refractivity contribution < 1.29 is 14.3 Å². The largest absolute Gasteiger partial charge is 0.489 e. The summed E-state index contributed by atoms with van der Waals surface area (Å²) in [5.74, 6) is 0.340. The molecule has 2 rings (SSSR count). The van der Waals surface area contributed by atoms with Gasteiger partial charge in [0.25, 0.3) is 0 Å². The monoisotopic (exact) mass is 388 g/mol. The average Bonchev–Trinajstić information content (AvgIpc) is 2.61. The number of nitrogens with zero attached hydrogens (tertiary/aromatic N) is 1. The average molecular weight is 389 g/mol. The fourth-order valence-corrected chi connectivity index (χ4v) is 2.75. The normalized spacial score (nSPS) is 10.6. The number of benzene rings is 2. The highest BCUT2D eigenvalue weighted by atomic mass is 35.5. The molecule has 2 amide bonds. The summed E-state index contributed by atoms with van der Waals surface area (Å²) >= 11 is 6.17. The summed E-state index contributed by atoms with van der Waals surface area (Å²) < 4.78 is 5.71. The molecule has 0 aliphatic heterocycles. The molecular weight excluding hydrogens is 364 g/mol. The van der Waals surface area contributed by atoms with Crippen LogP contribution >= 0.6 is 11.6 Å². The molecule has 5 nitrogen and oxygen atoms in total. The molecule has 0 heterocycles. The predicted molar refractivity (Wildman–Crippen MR) is 108 cm³/mol. The number of hydrogen-bond acceptors (Lipinski definition) is 3. The molecule has 144 valence electrons. The van der Waals surface area contributed by atoms with E-state index in [-0.39, 0.29) is 24.3 Å². The van der Waals surface area contributed by atoms with E-state index in [1.54, 1.807) is 17.0 Å². The van der Waals surface area contributed by atoms with E-state index in [1.165, 1.54) is 6.92 Å². The number of nitrogens with one attached hydrogen (secondary N) is 1. The maximum Gasteiger partial charge on any atom is 0.226 e. The third-order valence-electron chi connectivity index (χ3n) is 3.90. The molecule has 0 aliphatic rings. The number of rotatable bonds is 8. The minimum Gasteiger partial charge on any atom is -0.489 e. The zero-order chi connectivity index (χ0) is 19.8. The smallest absolute Gasteiger partial charge is 0.226 e. The van der Waals surface area contributed by atoms with Crippen LogP contribution < -0.4 is 10.1 Å². The number of carbonyl (C=O) groups excluding carboxylic acids is 2. The Morgan fingerprint density at radius 2 is 1.78 bits per heavy atom. The van der Waals surface area contributed by atoms with Gasteiger partial charge in [-0.3, -0.25) is 9.59 Å². The minimum atomic E-state index is -0.180. The van der Waals surface area contributed by atoms with E-state index in [2.05, 4.69) is 5.32 Å². The van der Waals surface area contributed by atoms with Gasteiger partial charge in [-0.25, -0.2) is 0 Å². The zero-order valence-electron chi connectivity index (χ0n) is 15.9. The quantitative estimate of drug-likeness (QED) is 0.724. The molecule has 2 aromatic rings. The van der Waals surface area contributed by atoms with Crippen molar-refractivity contribution in [2.24, 2.45) is 0 Å². The number of amides is 2. The lowest BCUT2D eigenvalue weighted by Crippen LogP contribution is -2.31. The van der Waals surface area contributed by atoms with Crippen molar-refractivity contribution >= 4 is 29.1 Å². The van der Waals surface area contributed by atoms with Crippen LogP contribution in [0, 0.1) is 0 Å². The first kappa shape index (κ1) is 20.8. The Bertz CT molecular complexity index is 793. The van der Waals surface area contributed by atoms with Crippen LogP contribution in [0.5, 0.6) is 5.75 Å². The summed E-state index contributed by atoms with van der Waals surface area (Å²) in [5.41, 5.74) is 1.47. The highest BCUT2D eigenvalue weighted by Gasteiger charge is 2.14. The van der Waals surface area contributed by atoms with Gasteiger partial charge < -0.3 is 15.0 Å². The second-order valence-corrected chi connectivity index (χ2v) is 6.90. The van der Waals surface area contributed by atoms with Crippen LogP contribution in [-0.4, -0.2) is 29.4 Å². The summed E-state index contributed by atoms with van der Waals surface area (Å²) in [6.45, 7) is 6.02. The molecule has 1 N–H and O–H groups in total. The Labute approximate surface area is 165 Å². The van der Waals surface area contributed by atoms with E-state index >= 15 is 0 Å². The molecule has 0 radical (unpaired) electrons. The van der Waals surface area contributed by atoms with Crippen molar-refractivity contribution in [3.63, 3.8) is 0 Å². The molecule has 27 heavy (non-hydrogen) atoms. The van der Waals surface area contributed by atoms with E-state index in [9.17, 15) is 9.59 Å². The molecule has 0 aliphatic carbocycles. The maximum absolute atomic E-state index is 12.4. The molecule has 0 unspecified atom stereocenters. The fourth-order valence-electron chi connectivity index (χ4n) is 2.56. The summed E-state index contributed by atoms with van der Waals surface area (Å²) in [5, 5.41) is 3.46. The van der Waals surface area contributed by atoms with E-state index < -0.39 is 0 Å². The molecule has 0 atom stereocenters. The molecule has 2 aromatic carbocycles. The van der Waals surface area contributed by atoms with E-state index in [0.29, 0.717) is 29.5 Å². The topological polar surface area (TPSA) is 58.6 Å². The second kappa shape index (κ2) is 9.97. The Hall–Kier alpha value is -2.53. The Kier molecular flexibility index (Phi) is 7.67. The lowest BCUT2D eigenvalue weighted by atomic mass is 10.2. The molecule has 0 saturated carbocycles. The van der Waals surface area contributed by atoms with E-state index in [4.69, 9.17) is 16.3 Å². The van der Waals surface area contributed by atoms with Crippen LogP contribution in [0.25, 0.3) is 0 Å². The lowest BCUT2D eigenvalue weighted by Gasteiger charge is -2.22. The van der Waals surface area contributed by atoms with Crippen LogP contribution in [-0.2, 0) is 16.1 Å². The van der Waals surface area contributed by atoms with Crippen LogP contribution in [0.15, 0.2) is 48.5 Å². The van der Waals surface area contributed by atoms with Gasteiger partial charge in [0.15, 0.2) is 0 Å². The van der Waals surface area contributed by atoms with Crippen molar-refractivity contribution in [1.82, 2.24) is 4.90 Å². The number of para-hydroxylation sites is 2. The lowest BCUT2D eigenvalue weighted by molar-refractivity contribution is -0.129. The zero-order valence-corrected chi connectivity index (χ0v) is 16.6. The van der Waals surface area contributed by atoms with Gasteiger partial charge in [-0.1, -0.05) is 41.9 Å². The minimum absolute atomic E-state index is 0.00637. The fraction of sp³-hybridized carbons (Fsp3) is 0.333. The van der Waals surface area contributed by atoms with Crippen molar-refractivity contribution in [1.29, 1.82) is 0 Å². The van der Waals surface area contributed by atoms with Crippen LogP contribution in [0.3, 0.4) is 0 Å². The van der Waals surface area contributed by atoms with Gasteiger partial charge in [0.2, 0.25) is 11.8 Å². The SMILES string of the molecule is CC(=O)N(CCC(=O)Nc1ccccc1OC(C)C)Cc1ccccc1Cl. The Balaban J connectivity index is 1.97. The summed E-state index contributed by atoms with van der Waals surface area (Å²) in [4.78, 5) is 25.9. The van der Waals surface area contributed by atoms with Crippen LogP contribution in [0.4, 0.5) is 5.69 Å². The highest BCUT2D eigenvalue weighted by Crippen LogP contribution is 2.25. The predicted octanol–water partition coefficient (Wildman–Crippen LogP) is 4.50. The summed E-state index contributed by atoms with van der Waals surface area (Å²) in [6.07, 6.45) is 0.187. The summed E-state index contributed by atoms with van der Waals surface area (Å²) in [6, 6.07) is 14.7. The number of carbonyl (C=O) groups is 2. The molecule has 6 heteroatoms. The Morgan fingerprint density at radius 1 is 1.11 bits per heavy atom. The van der Waals surface area contributed by atoms with Crippen molar-refractivity contribution in [3.8, 4) is 5.75 Å². The van der Waals surface area contributed by atoms with Crippen molar-refractivity contribution in [2.45, 2.75) is 39.8 Å². The van der Waals surface area contributed by atoms with Gasteiger partial charge in [0.1, 0.15) is 5.75 Å². The maximum atomic E-state index is 12.4. The van der Waals surface area contributed by atoms with Crippen LogP contribution in [0.2, 0.25) is 5.02 Å². The van der Waals surface area contributed by atoms with Gasteiger partial charge in [-0.15, -0.1) is 0 Å². The third kappa shape index (κ3) is 6.61. The first-order valence-corrected chi connectivity index (χ1v) is 9.29. The van der Waals surface area contributed by atoms with Crippen molar-refractivity contribution in [2.75, 3.05) is 11.9 Å². The molecule has 0 saturated heterocycles. The molecule has 0 spiro atoms. The van der Waals surface area contributed by atoms with Gasteiger partial charge in [-0.2, -0.15) is 0 Å². The van der Waals surface area contributed by atoms with Gasteiger partial charge >= 0.3 is 0 Å². The van der Waals surface area contributed by atoms with Crippen molar-refractivity contribution in [3.05, 3.63) is 59.1 Å². The molecule has 0 aromatic heterocycles. The number of ether oxygens (including phenoxy) is 1. The molecule has 0 fully saturated rings. The summed E-state index contributed by atoms with van der Waals surface area (Å²) in [7, 11) is 0. The standard InChI is InChI=1S/C21H25ClN2O3/c1-15(2)27-20-11-7-6-10-19(20)23-21(26)12-13-24(16(3)25)14-17-8-4-5-9-18(17)22/h4-11,15H,12-14H2,1-3H3,(H,23,26). The Morgan fingerprint density at radius 3 is 2.44 bits per heavy atom. The van der Waals surface area contributed by atoms with Gasteiger partial charge in [-0.05, 0) is 37.6 Å². The molecular formula is C21H25ClN2O3. The number of anilines is 1. The molecule has 0 bridgehead atoms. The highest BCUT2D eigenvalue weighted by molar-refractivity contribution is 6.31. The third-order valence-corrected chi connectivity index (χ3v) is 4.27. The number of hydrogen-bond donors (Lipinski definition) is 1. The van der Waals surface area contributed by atoms with Gasteiger partial charge in [0.05, 0.1) is 11.8 Å². The van der Waals surface area contributed by atoms with E-state index in [0.717, 1.165) is 5.56 Å². The number of halogens is 1. The van der Waals surface area contributed by atoms with E-state index in [1.807, 2.05) is 50.2 Å². The second-order valence-electron chi connectivity index (χ2n) is 6.49.